The first-order valence-corrected chi connectivity index (χ1v) is 9.94. The lowest BCUT2D eigenvalue weighted by Gasteiger charge is -2.15. The van der Waals surface area contributed by atoms with Gasteiger partial charge in [0.25, 0.3) is 11.8 Å². The molecule has 0 bridgehead atoms. The minimum Gasteiger partial charge on any atom is -0.338 e. The van der Waals surface area contributed by atoms with Gasteiger partial charge >= 0.3 is 6.03 Å². The van der Waals surface area contributed by atoms with Crippen molar-refractivity contribution in [3.8, 4) is 0 Å². The highest BCUT2D eigenvalue weighted by Gasteiger charge is 2.35. The molecule has 1 aliphatic rings. The maximum Gasteiger partial charge on any atom is 0.319 e. The van der Waals surface area contributed by atoms with E-state index in [1.165, 1.54) is 4.90 Å². The Hall–Kier alpha value is -2.67. The smallest absolute Gasteiger partial charge is 0.319 e. The largest absolute Gasteiger partial charge is 0.338 e. The van der Waals surface area contributed by atoms with Crippen LogP contribution in [0, 0.1) is 5.92 Å². The highest BCUT2D eigenvalue weighted by molar-refractivity contribution is 9.10. The number of hydrogen-bond donors (Lipinski definition) is 2. The van der Waals surface area contributed by atoms with Gasteiger partial charge in [0.15, 0.2) is 0 Å². The number of urea groups is 1. The van der Waals surface area contributed by atoms with Crippen molar-refractivity contribution in [1.29, 1.82) is 0 Å². The zero-order valence-corrected chi connectivity index (χ0v) is 17.4. The fraction of sp³-hybridized carbons (Fsp3) is 0.286. The highest BCUT2D eigenvalue weighted by Crippen LogP contribution is 2.26. The molecule has 0 fully saturated rings. The lowest BCUT2D eigenvalue weighted by atomic mass is 10.1. The van der Waals surface area contributed by atoms with Crippen molar-refractivity contribution in [3.63, 3.8) is 0 Å². The maximum absolute atomic E-state index is 12.5. The Kier molecular flexibility index (Phi) is 6.14. The number of nitrogens with one attached hydrogen (secondary N) is 2. The van der Waals surface area contributed by atoms with E-state index in [1.807, 2.05) is 38.1 Å². The molecule has 0 unspecified atom stereocenters. The number of benzene rings is 2. The van der Waals surface area contributed by atoms with E-state index in [4.69, 9.17) is 0 Å². The second-order valence-corrected chi connectivity index (χ2v) is 7.95. The second-order valence-electron chi connectivity index (χ2n) is 7.10. The monoisotopic (exact) mass is 443 g/mol. The summed E-state index contributed by atoms with van der Waals surface area (Å²) in [5.41, 5.74) is 2.29. The van der Waals surface area contributed by atoms with Crippen LogP contribution in [-0.4, -0.2) is 35.8 Å². The van der Waals surface area contributed by atoms with Gasteiger partial charge in [-0.25, -0.2) is 4.79 Å². The van der Waals surface area contributed by atoms with E-state index in [-0.39, 0.29) is 23.8 Å². The van der Waals surface area contributed by atoms with E-state index in [9.17, 15) is 14.4 Å². The molecule has 146 valence electrons. The standard InChI is InChI=1S/C21H22BrN3O3/c1-13(2)12-25-19(26)16-8-7-15(11-17(16)20(25)27)24-21(28)23-10-9-14-5-3-4-6-18(14)22/h3-8,11,13H,9-10,12H2,1-2H3,(H2,23,24,28). The van der Waals surface area contributed by atoms with Crippen LogP contribution in [0.4, 0.5) is 10.5 Å². The summed E-state index contributed by atoms with van der Waals surface area (Å²) in [5, 5.41) is 5.52. The zero-order chi connectivity index (χ0) is 20.3. The van der Waals surface area contributed by atoms with Crippen LogP contribution < -0.4 is 10.6 Å². The summed E-state index contributed by atoms with van der Waals surface area (Å²) in [7, 11) is 0. The van der Waals surface area contributed by atoms with E-state index >= 15 is 0 Å². The molecule has 0 radical (unpaired) electrons. The Morgan fingerprint density at radius 3 is 2.50 bits per heavy atom. The first-order valence-electron chi connectivity index (χ1n) is 9.15. The van der Waals surface area contributed by atoms with E-state index < -0.39 is 0 Å². The third-order valence-electron chi connectivity index (χ3n) is 4.41. The van der Waals surface area contributed by atoms with E-state index in [2.05, 4.69) is 26.6 Å². The summed E-state index contributed by atoms with van der Waals surface area (Å²) >= 11 is 3.48. The molecule has 2 aromatic carbocycles. The second kappa shape index (κ2) is 8.56. The Labute approximate surface area is 172 Å². The van der Waals surface area contributed by atoms with Crippen molar-refractivity contribution in [2.75, 3.05) is 18.4 Å². The van der Waals surface area contributed by atoms with Crippen LogP contribution in [-0.2, 0) is 6.42 Å². The summed E-state index contributed by atoms with van der Waals surface area (Å²) < 4.78 is 1.00. The van der Waals surface area contributed by atoms with Gasteiger partial charge in [-0.2, -0.15) is 0 Å². The first-order chi connectivity index (χ1) is 13.4. The number of nitrogens with zero attached hydrogens (tertiary/aromatic N) is 1. The van der Waals surface area contributed by atoms with E-state index in [0.717, 1.165) is 10.0 Å². The average molecular weight is 444 g/mol. The Morgan fingerprint density at radius 1 is 1.07 bits per heavy atom. The summed E-state index contributed by atoms with van der Waals surface area (Å²) in [5.74, 6) is -0.403. The van der Waals surface area contributed by atoms with Crippen LogP contribution in [0.3, 0.4) is 0 Å². The number of carbonyl (C=O) groups excluding carboxylic acids is 3. The number of amides is 4. The van der Waals surface area contributed by atoms with Gasteiger partial charge in [-0.1, -0.05) is 48.0 Å². The van der Waals surface area contributed by atoms with Crippen LogP contribution in [0.2, 0.25) is 0 Å². The summed E-state index contributed by atoms with van der Waals surface area (Å²) in [6.07, 6.45) is 0.691. The van der Waals surface area contributed by atoms with Crippen molar-refractivity contribution in [1.82, 2.24) is 10.2 Å². The highest BCUT2D eigenvalue weighted by atomic mass is 79.9. The van der Waals surface area contributed by atoms with E-state index in [1.54, 1.807) is 18.2 Å². The molecule has 2 N–H and O–H groups in total. The normalized spacial score (nSPS) is 13.1. The van der Waals surface area contributed by atoms with Gasteiger partial charge in [-0.15, -0.1) is 0 Å². The van der Waals surface area contributed by atoms with Crippen LogP contribution in [0.15, 0.2) is 46.9 Å². The Balaban J connectivity index is 1.60. The summed E-state index contributed by atoms with van der Waals surface area (Å²) in [6.45, 7) is 4.76. The molecule has 4 amide bonds. The molecule has 1 aliphatic heterocycles. The fourth-order valence-corrected chi connectivity index (χ4v) is 3.57. The van der Waals surface area contributed by atoms with Crippen molar-refractivity contribution in [2.24, 2.45) is 5.92 Å². The molecule has 6 nitrogen and oxygen atoms in total. The Bertz CT molecular complexity index is 927. The van der Waals surface area contributed by atoms with Crippen molar-refractivity contribution >= 4 is 39.5 Å². The molecule has 0 spiro atoms. The molecule has 28 heavy (non-hydrogen) atoms. The molecule has 0 aromatic heterocycles. The third-order valence-corrected chi connectivity index (χ3v) is 5.19. The fourth-order valence-electron chi connectivity index (χ4n) is 3.09. The lowest BCUT2D eigenvalue weighted by molar-refractivity contribution is 0.0636. The predicted molar refractivity (Wildman–Crippen MR) is 112 cm³/mol. The predicted octanol–water partition coefficient (Wildman–Crippen LogP) is 4.07. The molecular weight excluding hydrogens is 422 g/mol. The number of rotatable bonds is 6. The van der Waals surface area contributed by atoms with Crippen LogP contribution in [0.25, 0.3) is 0 Å². The maximum atomic E-state index is 12.5. The molecule has 0 aliphatic carbocycles. The molecule has 0 atom stereocenters. The first kappa shape index (κ1) is 20.1. The van der Waals surface area contributed by atoms with Crippen LogP contribution in [0.1, 0.15) is 40.1 Å². The van der Waals surface area contributed by atoms with Gasteiger partial charge in [0.05, 0.1) is 11.1 Å². The van der Waals surface area contributed by atoms with Crippen LogP contribution in [0.5, 0.6) is 0 Å². The van der Waals surface area contributed by atoms with Gasteiger partial charge in [-0.05, 0) is 42.2 Å². The minimum absolute atomic E-state index is 0.190. The lowest BCUT2D eigenvalue weighted by Crippen LogP contribution is -2.33. The number of hydrogen-bond acceptors (Lipinski definition) is 3. The number of imide groups is 1. The SMILES string of the molecule is CC(C)CN1C(=O)c2ccc(NC(=O)NCCc3ccccc3Br)cc2C1=O. The molecule has 7 heteroatoms. The molecule has 2 aromatic rings. The molecule has 1 heterocycles. The topological polar surface area (TPSA) is 78.5 Å². The van der Waals surface area contributed by atoms with Gasteiger partial charge in [-0.3, -0.25) is 14.5 Å². The van der Waals surface area contributed by atoms with Crippen molar-refractivity contribution in [3.05, 3.63) is 63.6 Å². The average Bonchev–Trinajstić information content (AvgIpc) is 2.87. The van der Waals surface area contributed by atoms with Gasteiger partial charge in [0.2, 0.25) is 0 Å². The zero-order valence-electron chi connectivity index (χ0n) is 15.8. The molecular formula is C21H22BrN3O3. The van der Waals surface area contributed by atoms with Gasteiger partial charge in [0.1, 0.15) is 0 Å². The number of fused-ring (bicyclic) bond motifs is 1. The number of halogens is 1. The minimum atomic E-state index is -0.359. The number of anilines is 1. The van der Waals surface area contributed by atoms with Gasteiger partial charge < -0.3 is 10.6 Å². The van der Waals surface area contributed by atoms with Gasteiger partial charge in [0, 0.05) is 23.2 Å². The Morgan fingerprint density at radius 2 is 1.79 bits per heavy atom. The van der Waals surface area contributed by atoms with E-state index in [0.29, 0.717) is 36.3 Å². The molecule has 0 saturated heterocycles. The summed E-state index contributed by atoms with van der Waals surface area (Å²) in [4.78, 5) is 38.3. The molecule has 3 rings (SSSR count). The quantitative estimate of drug-likeness (QED) is 0.660. The summed E-state index contributed by atoms with van der Waals surface area (Å²) in [6, 6.07) is 12.3. The molecule has 0 saturated carbocycles. The van der Waals surface area contributed by atoms with Crippen LogP contribution >= 0.6 is 15.9 Å². The van der Waals surface area contributed by atoms with Crippen molar-refractivity contribution < 1.29 is 14.4 Å². The number of carbonyl (C=O) groups is 3. The van der Waals surface area contributed by atoms with Crippen molar-refractivity contribution in [2.45, 2.75) is 20.3 Å². The third kappa shape index (κ3) is 4.42.